The Bertz CT molecular complexity index is 529. The molecule has 1 amide bonds. The minimum Gasteiger partial charge on any atom is -0.444 e. The fourth-order valence-electron chi connectivity index (χ4n) is 2.41. The van der Waals surface area contributed by atoms with Crippen molar-refractivity contribution in [2.75, 3.05) is 12.3 Å². The summed E-state index contributed by atoms with van der Waals surface area (Å²) in [6.07, 6.45) is 0.438. The van der Waals surface area contributed by atoms with Crippen molar-refractivity contribution in [3.8, 4) is 0 Å². The van der Waals surface area contributed by atoms with Gasteiger partial charge in [-0.1, -0.05) is 13.8 Å². The van der Waals surface area contributed by atoms with Gasteiger partial charge >= 0.3 is 6.09 Å². The molecule has 2 rings (SSSR count). The molecule has 0 saturated carbocycles. The van der Waals surface area contributed by atoms with Crippen LogP contribution in [-0.4, -0.2) is 32.9 Å². The number of ether oxygens (including phenoxy) is 1. The summed E-state index contributed by atoms with van der Waals surface area (Å²) in [7, 11) is 0. The normalized spacial score (nSPS) is 15.2. The molecule has 0 aliphatic carbocycles. The summed E-state index contributed by atoms with van der Waals surface area (Å²) in [6, 6.07) is 0. The summed E-state index contributed by atoms with van der Waals surface area (Å²) in [4.78, 5) is 13.9. The Morgan fingerprint density at radius 2 is 2.10 bits per heavy atom. The van der Waals surface area contributed by atoms with E-state index in [-0.39, 0.29) is 6.09 Å². The molecule has 1 aliphatic heterocycles. The average molecular weight is 294 g/mol. The molecule has 0 aromatic carbocycles. The molecule has 0 fully saturated rings. The molecule has 0 bridgehead atoms. The zero-order valence-corrected chi connectivity index (χ0v) is 13.6. The molecule has 1 aliphatic rings. The lowest BCUT2D eigenvalue weighted by atomic mass is 10.1. The quantitative estimate of drug-likeness (QED) is 0.909. The Morgan fingerprint density at radius 3 is 2.67 bits per heavy atom. The van der Waals surface area contributed by atoms with Gasteiger partial charge in [-0.25, -0.2) is 9.48 Å². The molecular weight excluding hydrogens is 268 g/mol. The first kappa shape index (κ1) is 15.7. The summed E-state index contributed by atoms with van der Waals surface area (Å²) in [5.41, 5.74) is 7.68. The number of rotatable bonds is 2. The Hall–Kier alpha value is -1.72. The van der Waals surface area contributed by atoms with E-state index in [2.05, 4.69) is 18.9 Å². The number of nitrogen functional groups attached to an aromatic ring is 1. The van der Waals surface area contributed by atoms with Crippen molar-refractivity contribution < 1.29 is 9.53 Å². The minimum absolute atomic E-state index is 0.288. The van der Waals surface area contributed by atoms with Crippen LogP contribution in [0.5, 0.6) is 0 Å². The summed E-state index contributed by atoms with van der Waals surface area (Å²) < 4.78 is 7.28. The fraction of sp³-hybridized carbons (Fsp3) is 0.733. The molecule has 21 heavy (non-hydrogen) atoms. The lowest BCUT2D eigenvalue weighted by Crippen LogP contribution is -2.39. The maximum atomic E-state index is 12.2. The summed E-state index contributed by atoms with van der Waals surface area (Å²) in [5, 5.41) is 4.57. The molecule has 0 spiro atoms. The van der Waals surface area contributed by atoms with Gasteiger partial charge in [0.15, 0.2) is 0 Å². The number of anilines is 1. The molecule has 1 aromatic heterocycles. The number of carbonyl (C=O) groups is 1. The lowest BCUT2D eigenvalue weighted by molar-refractivity contribution is 0.0224. The SMILES string of the molecule is CC(C)Cn1nc2c(c1N)CN(C(=O)OC(C)(C)C)CC2. The van der Waals surface area contributed by atoms with Gasteiger partial charge in [-0.3, -0.25) is 0 Å². The van der Waals surface area contributed by atoms with Crippen molar-refractivity contribution in [1.82, 2.24) is 14.7 Å². The summed E-state index contributed by atoms with van der Waals surface area (Å²) in [6.45, 7) is 11.8. The largest absolute Gasteiger partial charge is 0.444 e. The highest BCUT2D eigenvalue weighted by Crippen LogP contribution is 2.25. The van der Waals surface area contributed by atoms with E-state index in [4.69, 9.17) is 10.5 Å². The average Bonchev–Trinajstić information content (AvgIpc) is 2.63. The predicted molar refractivity (Wildman–Crippen MR) is 81.8 cm³/mol. The van der Waals surface area contributed by atoms with Gasteiger partial charge in [-0.05, 0) is 26.7 Å². The molecule has 0 atom stereocenters. The number of hydrogen-bond acceptors (Lipinski definition) is 4. The summed E-state index contributed by atoms with van der Waals surface area (Å²) >= 11 is 0. The molecule has 118 valence electrons. The second kappa shape index (κ2) is 5.58. The van der Waals surface area contributed by atoms with Crippen LogP contribution in [0.4, 0.5) is 10.6 Å². The van der Waals surface area contributed by atoms with Crippen molar-refractivity contribution in [2.24, 2.45) is 5.92 Å². The smallest absolute Gasteiger partial charge is 0.410 e. The molecule has 2 heterocycles. The van der Waals surface area contributed by atoms with Gasteiger partial charge in [-0.2, -0.15) is 5.10 Å². The van der Waals surface area contributed by atoms with E-state index in [1.807, 2.05) is 25.5 Å². The first-order chi connectivity index (χ1) is 9.67. The van der Waals surface area contributed by atoms with Gasteiger partial charge in [0.25, 0.3) is 0 Å². The number of hydrogen-bond donors (Lipinski definition) is 1. The lowest BCUT2D eigenvalue weighted by Gasteiger charge is -2.29. The van der Waals surface area contributed by atoms with Crippen molar-refractivity contribution in [3.05, 3.63) is 11.3 Å². The third kappa shape index (κ3) is 3.68. The highest BCUT2D eigenvalue weighted by atomic mass is 16.6. The molecule has 0 unspecified atom stereocenters. The molecule has 6 nitrogen and oxygen atoms in total. The van der Waals surface area contributed by atoms with E-state index in [1.54, 1.807) is 4.90 Å². The van der Waals surface area contributed by atoms with Crippen LogP contribution in [0.1, 0.15) is 45.9 Å². The zero-order valence-electron chi connectivity index (χ0n) is 13.6. The molecular formula is C15H26N4O2. The maximum Gasteiger partial charge on any atom is 0.410 e. The van der Waals surface area contributed by atoms with Crippen molar-refractivity contribution >= 4 is 11.9 Å². The van der Waals surface area contributed by atoms with Gasteiger partial charge < -0.3 is 15.4 Å². The van der Waals surface area contributed by atoms with Crippen LogP contribution in [-0.2, 0) is 24.2 Å². The maximum absolute atomic E-state index is 12.2. The fourth-order valence-corrected chi connectivity index (χ4v) is 2.41. The van der Waals surface area contributed by atoms with Crippen LogP contribution in [0.3, 0.4) is 0 Å². The van der Waals surface area contributed by atoms with Gasteiger partial charge in [0, 0.05) is 25.1 Å². The molecule has 1 aromatic rings. The standard InChI is InChI=1S/C15H26N4O2/c1-10(2)8-19-13(16)11-9-18(7-6-12(11)17-19)14(20)21-15(3,4)5/h10H,6-9,16H2,1-5H3. The van der Waals surface area contributed by atoms with Crippen LogP contribution in [0.25, 0.3) is 0 Å². The topological polar surface area (TPSA) is 73.4 Å². The second-order valence-electron chi connectivity index (χ2n) is 7.04. The third-order valence-electron chi connectivity index (χ3n) is 3.33. The number of amides is 1. The Labute approximate surface area is 126 Å². The monoisotopic (exact) mass is 294 g/mol. The van der Waals surface area contributed by atoms with Crippen LogP contribution >= 0.6 is 0 Å². The van der Waals surface area contributed by atoms with E-state index >= 15 is 0 Å². The number of aromatic nitrogens is 2. The first-order valence-electron chi connectivity index (χ1n) is 7.49. The number of nitrogens with zero attached hydrogens (tertiary/aromatic N) is 3. The van der Waals surface area contributed by atoms with E-state index in [1.165, 1.54) is 0 Å². The van der Waals surface area contributed by atoms with Gasteiger partial charge in [0.1, 0.15) is 11.4 Å². The van der Waals surface area contributed by atoms with Gasteiger partial charge in [-0.15, -0.1) is 0 Å². The Balaban J connectivity index is 2.13. The number of nitrogens with two attached hydrogens (primary N) is 1. The molecule has 6 heteroatoms. The van der Waals surface area contributed by atoms with E-state index in [0.29, 0.717) is 24.8 Å². The Morgan fingerprint density at radius 1 is 1.43 bits per heavy atom. The van der Waals surface area contributed by atoms with Crippen LogP contribution in [0.15, 0.2) is 0 Å². The molecule has 2 N–H and O–H groups in total. The van der Waals surface area contributed by atoms with Crippen molar-refractivity contribution in [2.45, 2.75) is 59.7 Å². The van der Waals surface area contributed by atoms with Crippen molar-refractivity contribution in [1.29, 1.82) is 0 Å². The predicted octanol–water partition coefficient (Wildman–Crippen LogP) is 2.41. The summed E-state index contributed by atoms with van der Waals surface area (Å²) in [5.74, 6) is 1.16. The number of fused-ring (bicyclic) bond motifs is 1. The highest BCUT2D eigenvalue weighted by Gasteiger charge is 2.29. The second-order valence-corrected chi connectivity index (χ2v) is 7.04. The van der Waals surface area contributed by atoms with Crippen LogP contribution < -0.4 is 5.73 Å². The van der Waals surface area contributed by atoms with Gasteiger partial charge in [0.05, 0.1) is 12.2 Å². The molecule has 0 radical (unpaired) electrons. The first-order valence-corrected chi connectivity index (χ1v) is 7.49. The van der Waals surface area contributed by atoms with Crippen molar-refractivity contribution in [3.63, 3.8) is 0 Å². The van der Waals surface area contributed by atoms with Crippen LogP contribution in [0.2, 0.25) is 0 Å². The Kier molecular flexibility index (Phi) is 4.16. The molecule has 0 saturated heterocycles. The highest BCUT2D eigenvalue weighted by molar-refractivity contribution is 5.69. The zero-order chi connectivity index (χ0) is 15.8. The van der Waals surface area contributed by atoms with E-state index < -0.39 is 5.60 Å². The van der Waals surface area contributed by atoms with E-state index in [9.17, 15) is 4.79 Å². The van der Waals surface area contributed by atoms with Gasteiger partial charge in [0.2, 0.25) is 0 Å². The van der Waals surface area contributed by atoms with E-state index in [0.717, 1.165) is 24.2 Å². The van der Waals surface area contributed by atoms with Crippen LogP contribution in [0, 0.1) is 5.92 Å². The minimum atomic E-state index is -0.481. The number of carbonyl (C=O) groups excluding carboxylic acids is 1. The third-order valence-corrected chi connectivity index (χ3v) is 3.33.